The van der Waals surface area contributed by atoms with Gasteiger partial charge < -0.3 is 19.3 Å². The van der Waals surface area contributed by atoms with Crippen LogP contribution in [0.25, 0.3) is 0 Å². The molecule has 4 rings (SSSR count). The van der Waals surface area contributed by atoms with Crippen LogP contribution < -0.4 is 14.2 Å². The minimum absolute atomic E-state index is 0.0939. The number of aliphatic hydroxyl groups excluding tert-OH is 1. The lowest BCUT2D eigenvalue weighted by Crippen LogP contribution is -2.27. The fourth-order valence-electron chi connectivity index (χ4n) is 2.91. The van der Waals surface area contributed by atoms with Crippen molar-refractivity contribution in [3.63, 3.8) is 0 Å². The molecule has 0 unspecified atom stereocenters. The number of nitrogens with zero attached hydrogens (tertiary/aromatic N) is 1. The molecule has 0 aromatic heterocycles. The molecule has 2 aromatic carbocycles. The molecule has 2 aliphatic rings. The van der Waals surface area contributed by atoms with Crippen LogP contribution in [0.3, 0.4) is 0 Å². The summed E-state index contributed by atoms with van der Waals surface area (Å²) in [6.45, 7) is 2.20. The predicted molar refractivity (Wildman–Crippen MR) is 85.3 cm³/mol. The lowest BCUT2D eigenvalue weighted by Gasteiger charge is -2.27. The largest absolute Gasteiger partial charge is 0.457 e. The highest BCUT2D eigenvalue weighted by molar-refractivity contribution is 6.30. The standard InChI is InChI=1S/C17H16ClNO4/c18-13-1-2-14-11(5-13)8-19(3-4-20)9-12-6-16-17(22-10-21-16)7-15(12)23-14/h1-2,5-7,20H,3-4,8-10H2. The van der Waals surface area contributed by atoms with E-state index < -0.39 is 0 Å². The summed E-state index contributed by atoms with van der Waals surface area (Å²) in [7, 11) is 0. The molecule has 0 aliphatic carbocycles. The maximum absolute atomic E-state index is 9.34. The van der Waals surface area contributed by atoms with Crippen LogP contribution in [0, 0.1) is 0 Å². The predicted octanol–water partition coefficient (Wildman–Crippen LogP) is 3.17. The molecule has 5 nitrogen and oxygen atoms in total. The number of benzene rings is 2. The van der Waals surface area contributed by atoms with Crippen molar-refractivity contribution in [3.05, 3.63) is 46.5 Å². The van der Waals surface area contributed by atoms with E-state index in [0.717, 1.165) is 28.4 Å². The summed E-state index contributed by atoms with van der Waals surface area (Å²) in [6.07, 6.45) is 0. The molecule has 0 amide bonds. The van der Waals surface area contributed by atoms with Crippen molar-refractivity contribution in [1.82, 2.24) is 4.90 Å². The number of halogens is 1. The quantitative estimate of drug-likeness (QED) is 0.915. The van der Waals surface area contributed by atoms with E-state index in [4.69, 9.17) is 25.8 Å². The molecule has 120 valence electrons. The summed E-state index contributed by atoms with van der Waals surface area (Å²) in [5.41, 5.74) is 2.00. The van der Waals surface area contributed by atoms with Gasteiger partial charge in [-0.25, -0.2) is 0 Å². The van der Waals surface area contributed by atoms with E-state index in [9.17, 15) is 5.11 Å². The van der Waals surface area contributed by atoms with Crippen LogP contribution in [0.15, 0.2) is 30.3 Å². The number of rotatable bonds is 2. The van der Waals surface area contributed by atoms with Gasteiger partial charge in [0.05, 0.1) is 6.61 Å². The van der Waals surface area contributed by atoms with E-state index in [1.807, 2.05) is 30.3 Å². The van der Waals surface area contributed by atoms with E-state index >= 15 is 0 Å². The Morgan fingerprint density at radius 3 is 2.48 bits per heavy atom. The smallest absolute Gasteiger partial charge is 0.231 e. The number of β-amino-alcohol motifs (C(OH)–C–C–N with tert-alkyl or cyclic N) is 1. The average Bonchev–Trinajstić information content (AvgIpc) is 2.96. The lowest BCUT2D eigenvalue weighted by molar-refractivity contribution is 0.173. The molecule has 2 aliphatic heterocycles. The number of ether oxygens (including phenoxy) is 3. The Bertz CT molecular complexity index is 750. The Balaban J connectivity index is 1.80. The lowest BCUT2D eigenvalue weighted by atomic mass is 10.1. The van der Waals surface area contributed by atoms with Gasteiger partial charge in [-0.2, -0.15) is 0 Å². The Hall–Kier alpha value is -1.95. The Labute approximate surface area is 138 Å². The van der Waals surface area contributed by atoms with Crippen molar-refractivity contribution < 1.29 is 19.3 Å². The van der Waals surface area contributed by atoms with Crippen LogP contribution >= 0.6 is 11.6 Å². The first-order chi connectivity index (χ1) is 11.2. The topological polar surface area (TPSA) is 51.2 Å². The first kappa shape index (κ1) is 14.6. The van der Waals surface area contributed by atoms with Gasteiger partial charge in [0.1, 0.15) is 11.5 Å². The molecule has 0 fully saturated rings. The number of fused-ring (bicyclic) bond motifs is 3. The molecular weight excluding hydrogens is 318 g/mol. The van der Waals surface area contributed by atoms with E-state index in [1.165, 1.54) is 0 Å². The van der Waals surface area contributed by atoms with Gasteiger partial charge in [0.25, 0.3) is 0 Å². The minimum Gasteiger partial charge on any atom is -0.457 e. The molecular formula is C17H16ClNO4. The summed E-state index contributed by atoms with van der Waals surface area (Å²) in [6, 6.07) is 9.39. The third-order valence-corrected chi connectivity index (χ3v) is 4.24. The van der Waals surface area contributed by atoms with Crippen molar-refractivity contribution in [2.45, 2.75) is 13.1 Å². The normalized spacial score (nSPS) is 16.1. The van der Waals surface area contributed by atoms with E-state index in [-0.39, 0.29) is 13.4 Å². The van der Waals surface area contributed by atoms with Gasteiger partial charge in [-0.3, -0.25) is 4.90 Å². The van der Waals surface area contributed by atoms with Crippen molar-refractivity contribution in [2.24, 2.45) is 0 Å². The molecule has 0 saturated carbocycles. The first-order valence-electron chi connectivity index (χ1n) is 7.45. The van der Waals surface area contributed by atoms with Crippen LogP contribution in [0.4, 0.5) is 0 Å². The Morgan fingerprint density at radius 2 is 1.70 bits per heavy atom. The number of hydrogen-bond donors (Lipinski definition) is 1. The highest BCUT2D eigenvalue weighted by Gasteiger charge is 2.23. The van der Waals surface area contributed by atoms with Crippen LogP contribution in [0.2, 0.25) is 5.02 Å². The zero-order chi connectivity index (χ0) is 15.8. The van der Waals surface area contributed by atoms with Gasteiger partial charge in [0.15, 0.2) is 11.5 Å². The Morgan fingerprint density at radius 1 is 0.957 bits per heavy atom. The van der Waals surface area contributed by atoms with Gasteiger partial charge in [-0.05, 0) is 24.3 Å². The molecule has 0 radical (unpaired) electrons. The third kappa shape index (κ3) is 2.83. The molecule has 0 saturated heterocycles. The molecule has 1 N–H and O–H groups in total. The molecule has 23 heavy (non-hydrogen) atoms. The summed E-state index contributed by atoms with van der Waals surface area (Å²) < 4.78 is 17.0. The van der Waals surface area contributed by atoms with Gasteiger partial charge in [0.2, 0.25) is 6.79 Å². The van der Waals surface area contributed by atoms with Gasteiger partial charge in [-0.15, -0.1) is 0 Å². The second-order valence-electron chi connectivity index (χ2n) is 5.60. The van der Waals surface area contributed by atoms with Gasteiger partial charge in [-0.1, -0.05) is 11.6 Å². The maximum atomic E-state index is 9.34. The van der Waals surface area contributed by atoms with Crippen molar-refractivity contribution in [1.29, 1.82) is 0 Å². The monoisotopic (exact) mass is 333 g/mol. The summed E-state index contributed by atoms with van der Waals surface area (Å²) in [5, 5.41) is 10.0. The molecule has 0 bridgehead atoms. The number of aliphatic hydroxyl groups is 1. The van der Waals surface area contributed by atoms with Crippen LogP contribution in [-0.4, -0.2) is 30.0 Å². The summed E-state index contributed by atoms with van der Waals surface area (Å²) >= 11 is 6.11. The average molecular weight is 334 g/mol. The number of hydrogen-bond acceptors (Lipinski definition) is 5. The fourth-order valence-corrected chi connectivity index (χ4v) is 3.11. The van der Waals surface area contributed by atoms with E-state index in [0.29, 0.717) is 30.4 Å². The van der Waals surface area contributed by atoms with Crippen molar-refractivity contribution >= 4 is 11.6 Å². The fraction of sp³-hybridized carbons (Fsp3) is 0.294. The zero-order valence-corrected chi connectivity index (χ0v) is 13.2. The minimum atomic E-state index is 0.0939. The molecule has 2 heterocycles. The van der Waals surface area contributed by atoms with Crippen LogP contribution in [-0.2, 0) is 13.1 Å². The molecule has 0 atom stereocenters. The van der Waals surface area contributed by atoms with Crippen LogP contribution in [0.1, 0.15) is 11.1 Å². The van der Waals surface area contributed by atoms with Crippen LogP contribution in [0.5, 0.6) is 23.0 Å². The highest BCUT2D eigenvalue weighted by atomic mass is 35.5. The second-order valence-corrected chi connectivity index (χ2v) is 6.04. The highest BCUT2D eigenvalue weighted by Crippen LogP contribution is 2.42. The third-order valence-electron chi connectivity index (χ3n) is 4.00. The van der Waals surface area contributed by atoms with Gasteiger partial charge in [0, 0.05) is 41.9 Å². The zero-order valence-electron chi connectivity index (χ0n) is 12.4. The molecule has 0 spiro atoms. The van der Waals surface area contributed by atoms with E-state index in [1.54, 1.807) is 0 Å². The SMILES string of the molecule is OCCN1Cc2cc(Cl)ccc2Oc2cc3c(cc2C1)OCO3. The summed E-state index contributed by atoms with van der Waals surface area (Å²) in [4.78, 5) is 2.15. The molecule has 6 heteroatoms. The van der Waals surface area contributed by atoms with E-state index in [2.05, 4.69) is 4.90 Å². The van der Waals surface area contributed by atoms with Crippen molar-refractivity contribution in [2.75, 3.05) is 19.9 Å². The Kier molecular flexibility index (Phi) is 3.77. The van der Waals surface area contributed by atoms with Crippen molar-refractivity contribution in [3.8, 4) is 23.0 Å². The molecule has 2 aromatic rings. The van der Waals surface area contributed by atoms with Gasteiger partial charge >= 0.3 is 0 Å². The first-order valence-corrected chi connectivity index (χ1v) is 7.83. The summed E-state index contributed by atoms with van der Waals surface area (Å²) in [5.74, 6) is 2.92. The maximum Gasteiger partial charge on any atom is 0.231 e. The second kappa shape index (κ2) is 5.92.